The van der Waals surface area contributed by atoms with E-state index in [0.29, 0.717) is 10.6 Å². The number of thiophene rings is 1. The number of esters is 1. The second-order valence-electron chi connectivity index (χ2n) is 6.06. The Hall–Kier alpha value is -2.67. The van der Waals surface area contributed by atoms with Crippen molar-refractivity contribution >= 4 is 34.8 Å². The average Bonchev–Trinajstić information content (AvgIpc) is 3.11. The van der Waals surface area contributed by atoms with E-state index in [-0.39, 0.29) is 5.91 Å². The monoisotopic (exact) mass is 374 g/mol. The van der Waals surface area contributed by atoms with Crippen molar-refractivity contribution in [3.63, 3.8) is 0 Å². The first-order chi connectivity index (χ1) is 12.3. The molecule has 7 heteroatoms. The van der Waals surface area contributed by atoms with Crippen LogP contribution in [0.4, 0.5) is 5.69 Å². The van der Waals surface area contributed by atoms with Gasteiger partial charge in [0, 0.05) is 5.69 Å². The summed E-state index contributed by atoms with van der Waals surface area (Å²) >= 11 is 1.28. The molecule has 1 heterocycles. The summed E-state index contributed by atoms with van der Waals surface area (Å²) in [6.07, 6.45) is -0.982. The van der Waals surface area contributed by atoms with Gasteiger partial charge in [-0.15, -0.1) is 11.3 Å². The Kier molecular flexibility index (Phi) is 6.52. The number of amides is 2. The van der Waals surface area contributed by atoms with E-state index in [1.807, 2.05) is 26.0 Å². The molecular formula is C19H22N2O4S. The van der Waals surface area contributed by atoms with Gasteiger partial charge in [0.25, 0.3) is 11.8 Å². The minimum absolute atomic E-state index is 0.350. The van der Waals surface area contributed by atoms with Crippen molar-refractivity contribution in [2.45, 2.75) is 39.8 Å². The third-order valence-corrected chi connectivity index (χ3v) is 4.62. The molecule has 0 aliphatic rings. The first-order valence-corrected chi connectivity index (χ1v) is 9.09. The van der Waals surface area contributed by atoms with Crippen molar-refractivity contribution in [2.75, 3.05) is 5.32 Å². The van der Waals surface area contributed by atoms with Crippen LogP contribution in [0.25, 0.3) is 0 Å². The quantitative estimate of drug-likeness (QED) is 0.761. The molecule has 2 amide bonds. The lowest BCUT2D eigenvalue weighted by atomic mass is 10.1. The molecule has 0 fully saturated rings. The van der Waals surface area contributed by atoms with Crippen molar-refractivity contribution in [3.05, 3.63) is 51.7 Å². The summed E-state index contributed by atoms with van der Waals surface area (Å²) < 4.78 is 5.17. The Morgan fingerprint density at radius 1 is 1.12 bits per heavy atom. The fourth-order valence-electron chi connectivity index (χ4n) is 2.25. The Balaban J connectivity index is 1.88. The van der Waals surface area contributed by atoms with Gasteiger partial charge in [0.15, 0.2) is 6.10 Å². The van der Waals surface area contributed by atoms with E-state index in [0.717, 1.165) is 11.1 Å². The number of carbonyl (C=O) groups excluding carboxylic acids is 3. The average molecular weight is 374 g/mol. The Bertz CT molecular complexity index is 802. The van der Waals surface area contributed by atoms with Crippen LogP contribution in [-0.4, -0.2) is 29.9 Å². The van der Waals surface area contributed by atoms with Gasteiger partial charge in [-0.2, -0.15) is 0 Å². The summed E-state index contributed by atoms with van der Waals surface area (Å²) in [5.41, 5.74) is 2.69. The molecule has 1 aromatic carbocycles. The zero-order chi connectivity index (χ0) is 19.3. The molecule has 2 aromatic rings. The number of hydrogen-bond donors (Lipinski definition) is 2. The third-order valence-electron chi connectivity index (χ3n) is 3.75. The highest BCUT2D eigenvalue weighted by molar-refractivity contribution is 7.12. The minimum atomic E-state index is -0.982. The van der Waals surface area contributed by atoms with Gasteiger partial charge in [-0.25, -0.2) is 4.79 Å². The molecule has 0 saturated heterocycles. The zero-order valence-electron chi connectivity index (χ0n) is 15.2. The van der Waals surface area contributed by atoms with Crippen molar-refractivity contribution in [2.24, 2.45) is 0 Å². The lowest BCUT2D eigenvalue weighted by Crippen LogP contribution is -2.42. The largest absolute Gasteiger partial charge is 0.451 e. The zero-order valence-corrected chi connectivity index (χ0v) is 16.0. The van der Waals surface area contributed by atoms with Crippen LogP contribution in [0.5, 0.6) is 0 Å². The first-order valence-electron chi connectivity index (χ1n) is 8.21. The highest BCUT2D eigenvalue weighted by Crippen LogP contribution is 2.16. The molecule has 138 valence electrons. The fraction of sp³-hybridized carbons (Fsp3) is 0.316. The molecule has 2 N–H and O–H groups in total. The summed E-state index contributed by atoms with van der Waals surface area (Å²) in [5.74, 6) is -1.45. The van der Waals surface area contributed by atoms with Gasteiger partial charge >= 0.3 is 5.97 Å². The summed E-state index contributed by atoms with van der Waals surface area (Å²) in [6, 6.07) is 8.21. The Morgan fingerprint density at radius 3 is 2.46 bits per heavy atom. The summed E-state index contributed by atoms with van der Waals surface area (Å²) in [4.78, 5) is 36.8. The lowest BCUT2D eigenvalue weighted by Gasteiger charge is -2.18. The van der Waals surface area contributed by atoms with Crippen LogP contribution in [0, 0.1) is 13.8 Å². The molecule has 26 heavy (non-hydrogen) atoms. The van der Waals surface area contributed by atoms with E-state index in [1.165, 1.54) is 25.2 Å². The van der Waals surface area contributed by atoms with Gasteiger partial charge < -0.3 is 15.4 Å². The van der Waals surface area contributed by atoms with Crippen molar-refractivity contribution in [3.8, 4) is 0 Å². The first kappa shape index (κ1) is 19.7. The van der Waals surface area contributed by atoms with E-state index < -0.39 is 24.0 Å². The molecular weight excluding hydrogens is 352 g/mol. The van der Waals surface area contributed by atoms with E-state index >= 15 is 0 Å². The van der Waals surface area contributed by atoms with Crippen molar-refractivity contribution < 1.29 is 19.1 Å². The third kappa shape index (κ3) is 5.16. The Labute approximate surface area is 156 Å². The Morgan fingerprint density at radius 2 is 1.85 bits per heavy atom. The number of aryl methyl sites for hydroxylation is 2. The molecule has 2 unspecified atom stereocenters. The van der Waals surface area contributed by atoms with Gasteiger partial charge in [0.1, 0.15) is 6.04 Å². The van der Waals surface area contributed by atoms with Crippen LogP contribution < -0.4 is 10.6 Å². The summed E-state index contributed by atoms with van der Waals surface area (Å²) in [5, 5.41) is 7.07. The SMILES string of the molecule is Cc1ccc(NC(=O)C(C)OC(=O)C(C)NC(=O)c2cccs2)c(C)c1. The number of carbonyl (C=O) groups is 3. The number of ether oxygens (including phenoxy) is 1. The fourth-order valence-corrected chi connectivity index (χ4v) is 2.88. The van der Waals surface area contributed by atoms with Crippen LogP contribution in [0.2, 0.25) is 0 Å². The molecule has 0 bridgehead atoms. The smallest absolute Gasteiger partial charge is 0.329 e. The predicted octanol–water partition coefficient (Wildman–Crippen LogP) is 3.05. The van der Waals surface area contributed by atoms with Gasteiger partial charge in [-0.1, -0.05) is 23.8 Å². The van der Waals surface area contributed by atoms with Gasteiger partial charge in [0.05, 0.1) is 4.88 Å². The second kappa shape index (κ2) is 8.62. The van der Waals surface area contributed by atoms with E-state index in [9.17, 15) is 14.4 Å². The van der Waals surface area contributed by atoms with Crippen LogP contribution in [0.1, 0.15) is 34.6 Å². The second-order valence-corrected chi connectivity index (χ2v) is 7.01. The van der Waals surface area contributed by atoms with Crippen LogP contribution in [0.15, 0.2) is 35.7 Å². The number of benzene rings is 1. The van der Waals surface area contributed by atoms with E-state index in [1.54, 1.807) is 23.6 Å². The van der Waals surface area contributed by atoms with E-state index in [4.69, 9.17) is 4.74 Å². The molecule has 2 atom stereocenters. The highest BCUT2D eigenvalue weighted by Gasteiger charge is 2.24. The van der Waals surface area contributed by atoms with Crippen LogP contribution in [0.3, 0.4) is 0 Å². The van der Waals surface area contributed by atoms with Gasteiger partial charge in [0.2, 0.25) is 0 Å². The van der Waals surface area contributed by atoms with Crippen molar-refractivity contribution in [1.82, 2.24) is 5.32 Å². The van der Waals surface area contributed by atoms with Gasteiger partial charge in [-0.05, 0) is 50.8 Å². The normalized spacial score (nSPS) is 12.8. The highest BCUT2D eigenvalue weighted by atomic mass is 32.1. The molecule has 1 aromatic heterocycles. The van der Waals surface area contributed by atoms with Crippen molar-refractivity contribution in [1.29, 1.82) is 0 Å². The molecule has 0 radical (unpaired) electrons. The molecule has 2 rings (SSSR count). The van der Waals surface area contributed by atoms with Crippen LogP contribution in [-0.2, 0) is 14.3 Å². The molecule has 0 aliphatic heterocycles. The summed E-state index contributed by atoms with van der Waals surface area (Å²) in [7, 11) is 0. The molecule has 0 saturated carbocycles. The maximum atomic E-state index is 12.2. The minimum Gasteiger partial charge on any atom is -0.451 e. The standard InChI is InChI=1S/C19H22N2O4S/c1-11-7-8-15(12(2)10-11)21-17(22)14(4)25-19(24)13(3)20-18(23)16-6-5-9-26-16/h5-10,13-14H,1-4H3,(H,20,23)(H,21,22). The topological polar surface area (TPSA) is 84.5 Å². The van der Waals surface area contributed by atoms with E-state index in [2.05, 4.69) is 10.6 Å². The predicted molar refractivity (Wildman–Crippen MR) is 101 cm³/mol. The van der Waals surface area contributed by atoms with Gasteiger partial charge in [-0.3, -0.25) is 9.59 Å². The number of nitrogens with one attached hydrogen (secondary N) is 2. The maximum Gasteiger partial charge on any atom is 0.329 e. The number of hydrogen-bond acceptors (Lipinski definition) is 5. The van der Waals surface area contributed by atoms with Crippen LogP contribution >= 0.6 is 11.3 Å². The number of anilines is 1. The molecule has 6 nitrogen and oxygen atoms in total. The molecule has 0 aliphatic carbocycles. The number of rotatable bonds is 6. The molecule has 0 spiro atoms. The summed E-state index contributed by atoms with van der Waals surface area (Å²) in [6.45, 7) is 6.86. The lowest BCUT2D eigenvalue weighted by molar-refractivity contribution is -0.154. The maximum absolute atomic E-state index is 12.2.